The zero-order valence-corrected chi connectivity index (χ0v) is 18.6. The van der Waals surface area contributed by atoms with Crippen molar-refractivity contribution in [2.75, 3.05) is 29.9 Å². The summed E-state index contributed by atoms with van der Waals surface area (Å²) >= 11 is 0. The third-order valence-corrected chi connectivity index (χ3v) is 6.92. The number of carbonyl (C=O) groups is 1. The molecule has 8 heteroatoms. The first-order valence-electron chi connectivity index (χ1n) is 11.3. The molecule has 1 saturated heterocycles. The van der Waals surface area contributed by atoms with Gasteiger partial charge in [-0.1, -0.05) is 30.3 Å². The summed E-state index contributed by atoms with van der Waals surface area (Å²) in [7, 11) is 0. The first-order valence-corrected chi connectivity index (χ1v) is 11.3. The van der Waals surface area contributed by atoms with Crippen molar-refractivity contribution in [1.82, 2.24) is 4.90 Å². The largest absolute Gasteiger partial charge is 0.326 e. The zero-order valence-electron chi connectivity index (χ0n) is 18.6. The minimum atomic E-state index is -0.481. The molecule has 34 heavy (non-hydrogen) atoms. The summed E-state index contributed by atoms with van der Waals surface area (Å²) in [4.78, 5) is 27.7. The highest BCUT2D eigenvalue weighted by molar-refractivity contribution is 6.03. The Kier molecular flexibility index (Phi) is 5.75. The summed E-state index contributed by atoms with van der Waals surface area (Å²) < 4.78 is 14.3. The van der Waals surface area contributed by atoms with Crippen LogP contribution in [0.4, 0.5) is 26.2 Å². The average molecular weight is 461 g/mol. The van der Waals surface area contributed by atoms with Crippen LogP contribution in [0.1, 0.15) is 24.0 Å². The molecule has 3 aromatic rings. The number of halogens is 1. The van der Waals surface area contributed by atoms with E-state index in [0.717, 1.165) is 43.7 Å². The van der Waals surface area contributed by atoms with E-state index in [1.54, 1.807) is 17.0 Å². The Bertz CT molecular complexity index is 1210. The van der Waals surface area contributed by atoms with Crippen LogP contribution in [-0.2, 0) is 12.0 Å². The predicted molar refractivity (Wildman–Crippen MR) is 128 cm³/mol. The van der Waals surface area contributed by atoms with Gasteiger partial charge >= 0.3 is 6.03 Å². The van der Waals surface area contributed by atoms with Crippen molar-refractivity contribution in [3.63, 3.8) is 0 Å². The first-order chi connectivity index (χ1) is 16.4. The number of nitro groups is 1. The van der Waals surface area contributed by atoms with Crippen LogP contribution in [0.3, 0.4) is 0 Å². The smallest absolute Gasteiger partial charge is 0.308 e. The van der Waals surface area contributed by atoms with Crippen LogP contribution in [0.2, 0.25) is 0 Å². The summed E-state index contributed by atoms with van der Waals surface area (Å²) in [5.41, 5.74) is 3.00. The predicted octanol–water partition coefficient (Wildman–Crippen LogP) is 5.32. The molecule has 0 aromatic heterocycles. The molecule has 174 valence electrons. The minimum absolute atomic E-state index is 0.0405. The Balaban J connectivity index is 1.33. The number of carbonyl (C=O) groups excluding carboxylic acids is 1. The molecule has 1 N–H and O–H groups in total. The quantitative estimate of drug-likeness (QED) is 0.422. The van der Waals surface area contributed by atoms with Gasteiger partial charge in [-0.25, -0.2) is 9.18 Å². The van der Waals surface area contributed by atoms with E-state index in [9.17, 15) is 19.3 Å². The fourth-order valence-electron chi connectivity index (χ4n) is 5.09. The van der Waals surface area contributed by atoms with Gasteiger partial charge in [-0.05, 0) is 67.4 Å². The standard InChI is InChI=1S/C26H25FN4O3/c27-20-6-11-24-23(16-20)26(12-14-29(15-13-26)17-19-4-2-1-3-5-19)18-30(24)25(32)28-21-7-9-22(10-8-21)31(33)34/h1-11,16H,12-15,17-18H2,(H,28,32). The Morgan fingerprint density at radius 2 is 1.74 bits per heavy atom. The summed E-state index contributed by atoms with van der Waals surface area (Å²) in [6, 6.07) is 20.4. The maximum Gasteiger partial charge on any atom is 0.326 e. The number of hydrogen-bond acceptors (Lipinski definition) is 4. The van der Waals surface area contributed by atoms with Gasteiger partial charge in [0.1, 0.15) is 5.82 Å². The van der Waals surface area contributed by atoms with Gasteiger partial charge in [0, 0.05) is 42.0 Å². The number of nitro benzene ring substituents is 1. The van der Waals surface area contributed by atoms with Crippen LogP contribution in [0.15, 0.2) is 72.8 Å². The average Bonchev–Trinajstić information content (AvgIpc) is 3.15. The van der Waals surface area contributed by atoms with Crippen LogP contribution in [-0.4, -0.2) is 35.5 Å². The number of nitrogens with zero attached hydrogens (tertiary/aromatic N) is 3. The summed E-state index contributed by atoms with van der Waals surface area (Å²) in [6.07, 6.45) is 1.66. The minimum Gasteiger partial charge on any atom is -0.308 e. The molecule has 1 fully saturated rings. The molecule has 2 aliphatic rings. The number of rotatable bonds is 4. The molecule has 7 nitrogen and oxygen atoms in total. The molecular weight excluding hydrogens is 435 g/mol. The number of non-ortho nitro benzene ring substituents is 1. The lowest BCUT2D eigenvalue weighted by Crippen LogP contribution is -2.46. The number of piperidine rings is 1. The topological polar surface area (TPSA) is 78.7 Å². The van der Waals surface area contributed by atoms with Crippen molar-refractivity contribution in [2.45, 2.75) is 24.8 Å². The number of benzene rings is 3. The van der Waals surface area contributed by atoms with Crippen LogP contribution in [0.5, 0.6) is 0 Å². The Morgan fingerprint density at radius 1 is 1.03 bits per heavy atom. The Labute approximate surface area is 197 Å². The van der Waals surface area contributed by atoms with Gasteiger partial charge in [0.15, 0.2) is 0 Å². The molecule has 2 heterocycles. The molecular formula is C26H25FN4O3. The molecule has 0 unspecified atom stereocenters. The zero-order chi connectivity index (χ0) is 23.7. The second kappa shape index (κ2) is 8.87. The van der Waals surface area contributed by atoms with Crippen molar-refractivity contribution in [3.8, 4) is 0 Å². The first kappa shape index (κ1) is 22.0. The number of likely N-dealkylation sites (tertiary alicyclic amines) is 1. The summed E-state index contributed by atoms with van der Waals surface area (Å²) in [5, 5.41) is 13.7. The van der Waals surface area contributed by atoms with E-state index < -0.39 is 4.92 Å². The van der Waals surface area contributed by atoms with Crippen molar-refractivity contribution < 1.29 is 14.1 Å². The van der Waals surface area contributed by atoms with Gasteiger partial charge in [0.25, 0.3) is 5.69 Å². The lowest BCUT2D eigenvalue weighted by atomic mass is 9.74. The normalized spacial score (nSPS) is 16.9. The van der Waals surface area contributed by atoms with Crippen LogP contribution >= 0.6 is 0 Å². The molecule has 0 aliphatic carbocycles. The molecule has 3 aromatic carbocycles. The monoisotopic (exact) mass is 460 g/mol. The van der Waals surface area contributed by atoms with E-state index in [2.05, 4.69) is 22.3 Å². The van der Waals surface area contributed by atoms with Crippen LogP contribution in [0, 0.1) is 15.9 Å². The molecule has 0 atom stereocenters. The molecule has 5 rings (SSSR count). The molecule has 1 spiro atoms. The molecule has 0 radical (unpaired) electrons. The highest BCUT2D eigenvalue weighted by Gasteiger charge is 2.46. The molecule has 2 aliphatic heterocycles. The fraction of sp³-hybridized carbons (Fsp3) is 0.269. The molecule has 0 bridgehead atoms. The van der Waals surface area contributed by atoms with Crippen molar-refractivity contribution >= 4 is 23.1 Å². The second-order valence-corrected chi connectivity index (χ2v) is 9.02. The summed E-state index contributed by atoms with van der Waals surface area (Å²) in [6.45, 7) is 3.08. The Hall–Kier alpha value is -3.78. The van der Waals surface area contributed by atoms with Crippen LogP contribution in [0.25, 0.3) is 0 Å². The fourth-order valence-corrected chi connectivity index (χ4v) is 5.09. The van der Waals surface area contributed by atoms with Gasteiger partial charge < -0.3 is 5.32 Å². The van der Waals surface area contributed by atoms with E-state index in [1.165, 1.54) is 35.9 Å². The number of fused-ring (bicyclic) bond motifs is 2. The van der Waals surface area contributed by atoms with Crippen molar-refractivity contribution in [1.29, 1.82) is 0 Å². The van der Waals surface area contributed by atoms with Gasteiger partial charge in [-0.3, -0.25) is 19.9 Å². The third kappa shape index (κ3) is 4.24. The van der Waals surface area contributed by atoms with E-state index >= 15 is 0 Å². The van der Waals surface area contributed by atoms with Crippen LogP contribution < -0.4 is 10.2 Å². The number of hydrogen-bond donors (Lipinski definition) is 1. The van der Waals surface area contributed by atoms with Gasteiger partial charge in [-0.2, -0.15) is 0 Å². The molecule has 0 saturated carbocycles. The van der Waals surface area contributed by atoms with E-state index in [1.807, 2.05) is 18.2 Å². The van der Waals surface area contributed by atoms with Gasteiger partial charge in [0.2, 0.25) is 0 Å². The number of nitrogens with one attached hydrogen (secondary N) is 1. The Morgan fingerprint density at radius 3 is 2.41 bits per heavy atom. The highest BCUT2D eigenvalue weighted by Crippen LogP contribution is 2.47. The lowest BCUT2D eigenvalue weighted by Gasteiger charge is -2.40. The van der Waals surface area contributed by atoms with Crippen molar-refractivity contribution in [3.05, 3.63) is 99.9 Å². The lowest BCUT2D eigenvalue weighted by molar-refractivity contribution is -0.384. The maximum absolute atomic E-state index is 14.3. The van der Waals surface area contributed by atoms with Crippen molar-refractivity contribution in [2.24, 2.45) is 0 Å². The van der Waals surface area contributed by atoms with E-state index in [-0.39, 0.29) is 23.0 Å². The number of urea groups is 1. The number of anilines is 2. The second-order valence-electron chi connectivity index (χ2n) is 9.02. The SMILES string of the molecule is O=C(Nc1ccc([N+](=O)[O-])cc1)N1CC2(CCN(Cc3ccccc3)CC2)c2cc(F)ccc21. The maximum atomic E-state index is 14.3. The van der Waals surface area contributed by atoms with E-state index in [0.29, 0.717) is 12.2 Å². The highest BCUT2D eigenvalue weighted by atomic mass is 19.1. The van der Waals surface area contributed by atoms with Gasteiger partial charge in [0.05, 0.1) is 4.92 Å². The van der Waals surface area contributed by atoms with E-state index in [4.69, 9.17) is 0 Å². The van der Waals surface area contributed by atoms with Gasteiger partial charge in [-0.15, -0.1) is 0 Å². The molecule has 2 amide bonds. The third-order valence-electron chi connectivity index (χ3n) is 6.92. The summed E-state index contributed by atoms with van der Waals surface area (Å²) in [5.74, 6) is -0.303. The number of amides is 2.